The fourth-order valence-electron chi connectivity index (χ4n) is 1.95. The van der Waals surface area contributed by atoms with Crippen LogP contribution in [-0.4, -0.2) is 16.9 Å². The van der Waals surface area contributed by atoms with Crippen molar-refractivity contribution in [3.63, 3.8) is 0 Å². The van der Waals surface area contributed by atoms with E-state index in [0.717, 1.165) is 23.1 Å². The van der Waals surface area contributed by atoms with E-state index in [0.29, 0.717) is 5.69 Å². The summed E-state index contributed by atoms with van der Waals surface area (Å²) in [6.07, 6.45) is 1.68. The van der Waals surface area contributed by atoms with Crippen molar-refractivity contribution < 1.29 is 0 Å². The fraction of sp³-hybridized carbons (Fsp3) is 0.200. The number of nitriles is 1. The molecule has 3 nitrogen and oxygen atoms in total. The molecule has 0 radical (unpaired) electrons. The third kappa shape index (κ3) is 4.16. The van der Waals surface area contributed by atoms with Gasteiger partial charge < -0.3 is 0 Å². The molecule has 0 atom stereocenters. The second kappa shape index (κ2) is 6.46. The van der Waals surface area contributed by atoms with Crippen molar-refractivity contribution >= 4 is 15.9 Å². The Bertz CT molecular complexity index is 604. The van der Waals surface area contributed by atoms with Crippen LogP contribution in [0.3, 0.4) is 0 Å². The van der Waals surface area contributed by atoms with E-state index >= 15 is 0 Å². The molecule has 1 heterocycles. The van der Waals surface area contributed by atoms with E-state index in [4.69, 9.17) is 5.26 Å². The highest BCUT2D eigenvalue weighted by atomic mass is 79.9. The molecule has 0 aliphatic heterocycles. The molecule has 1 aromatic carbocycles. The van der Waals surface area contributed by atoms with Crippen molar-refractivity contribution in [3.8, 4) is 6.07 Å². The minimum Gasteiger partial charge on any atom is -0.298 e. The average Bonchev–Trinajstić information content (AvgIpc) is 2.38. The van der Waals surface area contributed by atoms with Crippen LogP contribution in [0.4, 0.5) is 0 Å². The summed E-state index contributed by atoms with van der Waals surface area (Å²) < 4.78 is 1.09. The van der Waals surface area contributed by atoms with Gasteiger partial charge >= 0.3 is 0 Å². The van der Waals surface area contributed by atoms with Gasteiger partial charge in [0.15, 0.2) is 0 Å². The van der Waals surface area contributed by atoms with Crippen LogP contribution in [0.1, 0.15) is 16.8 Å². The molecular weight excluding hydrogens is 302 g/mol. The Hall–Kier alpha value is -1.70. The maximum Gasteiger partial charge on any atom is 0.140 e. The summed E-state index contributed by atoms with van der Waals surface area (Å²) in [5, 5.41) is 8.83. The van der Waals surface area contributed by atoms with Crippen molar-refractivity contribution in [3.05, 3.63) is 63.9 Å². The van der Waals surface area contributed by atoms with Crippen molar-refractivity contribution in [2.45, 2.75) is 13.1 Å². The minimum absolute atomic E-state index is 0.466. The lowest BCUT2D eigenvalue weighted by molar-refractivity contribution is 0.319. The summed E-state index contributed by atoms with van der Waals surface area (Å²) in [5.74, 6) is 0. The number of nitrogens with zero attached hydrogens (tertiary/aromatic N) is 3. The largest absolute Gasteiger partial charge is 0.298 e. The molecule has 0 saturated carbocycles. The van der Waals surface area contributed by atoms with E-state index < -0.39 is 0 Å². The second-order valence-corrected chi connectivity index (χ2v) is 5.38. The Morgan fingerprint density at radius 2 is 1.95 bits per heavy atom. The van der Waals surface area contributed by atoms with Crippen LogP contribution in [0.5, 0.6) is 0 Å². The predicted molar refractivity (Wildman–Crippen MR) is 78.3 cm³/mol. The van der Waals surface area contributed by atoms with Gasteiger partial charge in [0.25, 0.3) is 0 Å². The molecule has 0 spiro atoms. The monoisotopic (exact) mass is 315 g/mol. The lowest BCUT2D eigenvalue weighted by atomic mass is 10.2. The SMILES string of the molecule is CN(Cc1cccc(Br)c1)Cc1ccnc(C#N)c1. The zero-order chi connectivity index (χ0) is 13.7. The molecular formula is C15H14BrN3. The molecule has 1 aromatic heterocycles. The molecule has 0 amide bonds. The van der Waals surface area contributed by atoms with Gasteiger partial charge in [-0.3, -0.25) is 4.90 Å². The molecule has 2 aromatic rings. The van der Waals surface area contributed by atoms with Crippen molar-refractivity contribution in [2.75, 3.05) is 7.05 Å². The minimum atomic E-state index is 0.466. The highest BCUT2D eigenvalue weighted by molar-refractivity contribution is 9.10. The number of hydrogen-bond acceptors (Lipinski definition) is 3. The molecule has 4 heteroatoms. The predicted octanol–water partition coefficient (Wildman–Crippen LogP) is 3.35. The first-order chi connectivity index (χ1) is 9.17. The summed E-state index contributed by atoms with van der Waals surface area (Å²) in [6, 6.07) is 14.1. The Balaban J connectivity index is 2.01. The molecule has 96 valence electrons. The van der Waals surface area contributed by atoms with Gasteiger partial charge in [-0.25, -0.2) is 4.98 Å². The third-order valence-corrected chi connectivity index (χ3v) is 3.23. The maximum absolute atomic E-state index is 8.83. The molecule has 0 aliphatic rings. The number of benzene rings is 1. The van der Waals surface area contributed by atoms with Gasteiger partial charge in [0.2, 0.25) is 0 Å². The van der Waals surface area contributed by atoms with Gasteiger partial charge in [-0.1, -0.05) is 28.1 Å². The summed E-state index contributed by atoms with van der Waals surface area (Å²) in [6.45, 7) is 1.66. The van der Waals surface area contributed by atoms with Gasteiger partial charge in [-0.2, -0.15) is 5.26 Å². The van der Waals surface area contributed by atoms with Gasteiger partial charge in [0.1, 0.15) is 11.8 Å². The summed E-state index contributed by atoms with van der Waals surface area (Å²) in [4.78, 5) is 6.18. The maximum atomic E-state index is 8.83. The first-order valence-electron chi connectivity index (χ1n) is 5.95. The van der Waals surface area contributed by atoms with Gasteiger partial charge in [-0.15, -0.1) is 0 Å². The van der Waals surface area contributed by atoms with Crippen LogP contribution in [0, 0.1) is 11.3 Å². The molecule has 0 saturated heterocycles. The second-order valence-electron chi connectivity index (χ2n) is 4.46. The van der Waals surface area contributed by atoms with Crippen LogP contribution in [-0.2, 0) is 13.1 Å². The van der Waals surface area contributed by atoms with E-state index in [2.05, 4.69) is 51.1 Å². The van der Waals surface area contributed by atoms with Crippen LogP contribution in [0.2, 0.25) is 0 Å². The molecule has 0 N–H and O–H groups in total. The van der Waals surface area contributed by atoms with Gasteiger partial charge in [0.05, 0.1) is 0 Å². The summed E-state index contributed by atoms with van der Waals surface area (Å²) >= 11 is 3.47. The zero-order valence-corrected chi connectivity index (χ0v) is 12.3. The topological polar surface area (TPSA) is 39.9 Å². The number of hydrogen-bond donors (Lipinski definition) is 0. The first-order valence-corrected chi connectivity index (χ1v) is 6.74. The number of halogens is 1. The lowest BCUT2D eigenvalue weighted by Crippen LogP contribution is -2.17. The Morgan fingerprint density at radius 3 is 2.63 bits per heavy atom. The average molecular weight is 316 g/mol. The zero-order valence-electron chi connectivity index (χ0n) is 10.7. The van der Waals surface area contributed by atoms with Crippen LogP contribution in [0.15, 0.2) is 47.1 Å². The summed E-state index contributed by atoms with van der Waals surface area (Å²) in [7, 11) is 2.06. The third-order valence-electron chi connectivity index (χ3n) is 2.73. The Labute approximate surface area is 121 Å². The molecule has 2 rings (SSSR count). The van der Waals surface area contributed by atoms with E-state index in [-0.39, 0.29) is 0 Å². The Kier molecular flexibility index (Phi) is 4.67. The normalized spacial score (nSPS) is 10.4. The fourth-order valence-corrected chi connectivity index (χ4v) is 2.40. The van der Waals surface area contributed by atoms with E-state index in [1.807, 2.05) is 24.3 Å². The molecule has 0 aliphatic carbocycles. The Morgan fingerprint density at radius 1 is 1.21 bits per heavy atom. The van der Waals surface area contributed by atoms with E-state index in [9.17, 15) is 0 Å². The number of aromatic nitrogens is 1. The highest BCUT2D eigenvalue weighted by Crippen LogP contribution is 2.14. The highest BCUT2D eigenvalue weighted by Gasteiger charge is 2.03. The number of rotatable bonds is 4. The molecule has 0 unspecified atom stereocenters. The van der Waals surface area contributed by atoms with Crippen molar-refractivity contribution in [2.24, 2.45) is 0 Å². The summed E-state index contributed by atoms with van der Waals surface area (Å²) in [5.41, 5.74) is 2.82. The standard InChI is InChI=1S/C15H14BrN3/c1-19(10-12-3-2-4-14(16)7-12)11-13-5-6-18-15(8-13)9-17/h2-8H,10-11H2,1H3. The molecule has 0 fully saturated rings. The van der Waals surface area contributed by atoms with Crippen molar-refractivity contribution in [1.29, 1.82) is 5.26 Å². The van der Waals surface area contributed by atoms with E-state index in [1.165, 1.54) is 5.56 Å². The van der Waals surface area contributed by atoms with Gasteiger partial charge in [0, 0.05) is 23.8 Å². The quantitative estimate of drug-likeness (QED) is 0.868. The lowest BCUT2D eigenvalue weighted by Gasteiger charge is -2.17. The van der Waals surface area contributed by atoms with Crippen LogP contribution < -0.4 is 0 Å². The smallest absolute Gasteiger partial charge is 0.140 e. The molecule has 0 bridgehead atoms. The van der Waals surface area contributed by atoms with Gasteiger partial charge in [-0.05, 0) is 42.4 Å². The van der Waals surface area contributed by atoms with Crippen LogP contribution >= 0.6 is 15.9 Å². The molecule has 19 heavy (non-hydrogen) atoms. The first kappa shape index (κ1) is 13.7. The number of pyridine rings is 1. The van der Waals surface area contributed by atoms with Crippen LogP contribution in [0.25, 0.3) is 0 Å². The van der Waals surface area contributed by atoms with E-state index in [1.54, 1.807) is 6.20 Å². The van der Waals surface area contributed by atoms with Crippen molar-refractivity contribution in [1.82, 2.24) is 9.88 Å².